The molecule has 0 bridgehead atoms. The molecule has 5 nitrogen and oxygen atoms in total. The summed E-state index contributed by atoms with van der Waals surface area (Å²) in [5, 5.41) is 2.84. The van der Waals surface area contributed by atoms with E-state index in [0.29, 0.717) is 11.5 Å². The highest BCUT2D eigenvalue weighted by molar-refractivity contribution is 5.94. The fraction of sp³-hybridized carbons (Fsp3) is 0.462. The summed E-state index contributed by atoms with van der Waals surface area (Å²) in [7, 11) is 1.30. The summed E-state index contributed by atoms with van der Waals surface area (Å²) in [5.41, 5.74) is 0.612. The Kier molecular flexibility index (Phi) is 4.83. The Morgan fingerprint density at radius 3 is 2.39 bits per heavy atom. The minimum Gasteiger partial charge on any atom is -0.465 e. The van der Waals surface area contributed by atoms with Gasteiger partial charge in [-0.25, -0.2) is 4.79 Å². The Hall–Kier alpha value is -1.91. The van der Waals surface area contributed by atoms with Crippen molar-refractivity contribution < 1.29 is 14.3 Å². The quantitative estimate of drug-likeness (QED) is 0.825. The smallest absolute Gasteiger partial charge is 0.339 e. The van der Waals surface area contributed by atoms with Gasteiger partial charge in [-0.2, -0.15) is 0 Å². The lowest BCUT2D eigenvalue weighted by molar-refractivity contribution is 0.0599. The van der Waals surface area contributed by atoms with E-state index in [1.165, 1.54) is 25.4 Å². The lowest BCUT2D eigenvalue weighted by Crippen LogP contribution is -2.36. The van der Waals surface area contributed by atoms with Crippen LogP contribution in [0.2, 0.25) is 0 Å². The summed E-state index contributed by atoms with van der Waals surface area (Å²) in [6, 6.07) is 3.10. The maximum absolute atomic E-state index is 11.8. The molecule has 1 unspecified atom stereocenters. The third-order valence-corrected chi connectivity index (χ3v) is 2.78. The molecule has 0 fully saturated rings. The summed E-state index contributed by atoms with van der Waals surface area (Å²) in [5.74, 6) is -0.360. The standard InChI is InChI=1S/C13H18N2O3/c1-8(2)9(3)15-12(16)11-6-5-10(7-14-11)13(17)18-4/h5-9H,1-4H3,(H,15,16). The fourth-order valence-corrected chi connectivity index (χ4v) is 1.21. The van der Waals surface area contributed by atoms with E-state index in [1.807, 2.05) is 20.8 Å². The van der Waals surface area contributed by atoms with Crippen molar-refractivity contribution in [2.24, 2.45) is 5.92 Å². The molecule has 0 saturated carbocycles. The van der Waals surface area contributed by atoms with E-state index in [2.05, 4.69) is 15.0 Å². The molecule has 0 aliphatic heterocycles. The maximum atomic E-state index is 11.8. The molecule has 1 rings (SSSR count). The number of rotatable bonds is 4. The van der Waals surface area contributed by atoms with E-state index in [-0.39, 0.29) is 17.6 Å². The molecule has 18 heavy (non-hydrogen) atoms. The lowest BCUT2D eigenvalue weighted by atomic mass is 10.1. The van der Waals surface area contributed by atoms with Crippen LogP contribution in [0.25, 0.3) is 0 Å². The van der Waals surface area contributed by atoms with Crippen LogP contribution in [0.3, 0.4) is 0 Å². The molecule has 98 valence electrons. The fourth-order valence-electron chi connectivity index (χ4n) is 1.21. The SMILES string of the molecule is COC(=O)c1ccc(C(=O)NC(C)C(C)C)nc1. The van der Waals surface area contributed by atoms with Crippen molar-refractivity contribution >= 4 is 11.9 Å². The number of esters is 1. The van der Waals surface area contributed by atoms with Gasteiger partial charge in [0, 0.05) is 12.2 Å². The van der Waals surface area contributed by atoms with Gasteiger partial charge in [-0.05, 0) is 25.0 Å². The Morgan fingerprint density at radius 2 is 1.94 bits per heavy atom. The Labute approximate surface area is 107 Å². The van der Waals surface area contributed by atoms with Crippen LogP contribution >= 0.6 is 0 Å². The molecule has 1 aromatic rings. The van der Waals surface area contributed by atoms with Crippen molar-refractivity contribution in [3.63, 3.8) is 0 Å². The van der Waals surface area contributed by atoms with E-state index in [1.54, 1.807) is 0 Å². The number of nitrogens with one attached hydrogen (secondary N) is 1. The number of nitrogens with zero attached hydrogens (tertiary/aromatic N) is 1. The molecule has 1 atom stereocenters. The van der Waals surface area contributed by atoms with Crippen molar-refractivity contribution in [2.75, 3.05) is 7.11 Å². The van der Waals surface area contributed by atoms with Crippen LogP contribution in [0.5, 0.6) is 0 Å². The van der Waals surface area contributed by atoms with Gasteiger partial charge in [-0.3, -0.25) is 9.78 Å². The number of aromatic nitrogens is 1. The van der Waals surface area contributed by atoms with Crippen molar-refractivity contribution in [3.8, 4) is 0 Å². The zero-order valence-corrected chi connectivity index (χ0v) is 11.1. The summed E-state index contributed by atoms with van der Waals surface area (Å²) < 4.78 is 4.55. The number of pyridine rings is 1. The second-order valence-electron chi connectivity index (χ2n) is 4.43. The first-order valence-corrected chi connectivity index (χ1v) is 5.81. The minimum absolute atomic E-state index is 0.0691. The summed E-state index contributed by atoms with van der Waals surface area (Å²) >= 11 is 0. The number of carbonyl (C=O) groups excluding carboxylic acids is 2. The number of hydrogen-bond donors (Lipinski definition) is 1. The van der Waals surface area contributed by atoms with Gasteiger partial charge in [0.25, 0.3) is 5.91 Å². The summed E-state index contributed by atoms with van der Waals surface area (Å²) in [6.07, 6.45) is 1.33. The van der Waals surface area contributed by atoms with Crippen LogP contribution < -0.4 is 5.32 Å². The van der Waals surface area contributed by atoms with E-state index in [4.69, 9.17) is 0 Å². The minimum atomic E-state index is -0.468. The number of ether oxygens (including phenoxy) is 1. The van der Waals surface area contributed by atoms with Crippen LogP contribution in [0.15, 0.2) is 18.3 Å². The third-order valence-electron chi connectivity index (χ3n) is 2.78. The summed E-state index contributed by atoms with van der Waals surface area (Å²) in [6.45, 7) is 5.99. The van der Waals surface area contributed by atoms with Crippen LogP contribution in [-0.4, -0.2) is 30.0 Å². The van der Waals surface area contributed by atoms with Crippen molar-refractivity contribution in [2.45, 2.75) is 26.8 Å². The Bertz CT molecular complexity index is 426. The van der Waals surface area contributed by atoms with Crippen LogP contribution in [0.4, 0.5) is 0 Å². The number of methoxy groups -OCH3 is 1. The molecular weight excluding hydrogens is 232 g/mol. The molecule has 0 spiro atoms. The molecular formula is C13H18N2O3. The van der Waals surface area contributed by atoms with E-state index in [0.717, 1.165) is 0 Å². The van der Waals surface area contributed by atoms with Gasteiger partial charge in [-0.15, -0.1) is 0 Å². The molecule has 0 saturated heterocycles. The summed E-state index contributed by atoms with van der Waals surface area (Å²) in [4.78, 5) is 27.0. The predicted octanol–water partition coefficient (Wildman–Crippen LogP) is 1.64. The van der Waals surface area contributed by atoms with Crippen molar-refractivity contribution in [1.29, 1.82) is 0 Å². The topological polar surface area (TPSA) is 68.3 Å². The van der Waals surface area contributed by atoms with E-state index < -0.39 is 5.97 Å². The normalized spacial score (nSPS) is 12.1. The van der Waals surface area contributed by atoms with Crippen LogP contribution in [0, 0.1) is 5.92 Å². The first-order valence-electron chi connectivity index (χ1n) is 5.81. The Balaban J connectivity index is 2.73. The molecule has 0 aliphatic carbocycles. The van der Waals surface area contributed by atoms with E-state index in [9.17, 15) is 9.59 Å². The first-order chi connectivity index (χ1) is 8.45. The number of hydrogen-bond acceptors (Lipinski definition) is 4. The van der Waals surface area contributed by atoms with Gasteiger partial charge in [0.15, 0.2) is 0 Å². The van der Waals surface area contributed by atoms with Gasteiger partial charge < -0.3 is 10.1 Å². The highest BCUT2D eigenvalue weighted by Gasteiger charge is 2.14. The predicted molar refractivity (Wildman–Crippen MR) is 67.3 cm³/mol. The van der Waals surface area contributed by atoms with Gasteiger partial charge >= 0.3 is 5.97 Å². The first kappa shape index (κ1) is 14.2. The van der Waals surface area contributed by atoms with Crippen LogP contribution in [0.1, 0.15) is 41.6 Å². The monoisotopic (exact) mass is 250 g/mol. The number of amides is 1. The molecule has 0 radical (unpaired) electrons. The second-order valence-corrected chi connectivity index (χ2v) is 4.43. The average Bonchev–Trinajstić information content (AvgIpc) is 2.37. The second kappa shape index (κ2) is 6.14. The lowest BCUT2D eigenvalue weighted by Gasteiger charge is -2.16. The molecule has 1 amide bonds. The van der Waals surface area contributed by atoms with Gasteiger partial charge in [-0.1, -0.05) is 13.8 Å². The van der Waals surface area contributed by atoms with Crippen molar-refractivity contribution in [1.82, 2.24) is 10.3 Å². The Morgan fingerprint density at radius 1 is 1.28 bits per heavy atom. The van der Waals surface area contributed by atoms with Gasteiger partial charge in [0.2, 0.25) is 0 Å². The molecule has 0 aliphatic rings. The largest absolute Gasteiger partial charge is 0.465 e. The van der Waals surface area contributed by atoms with Crippen molar-refractivity contribution in [3.05, 3.63) is 29.6 Å². The molecule has 1 N–H and O–H groups in total. The molecule has 1 heterocycles. The highest BCUT2D eigenvalue weighted by Crippen LogP contribution is 2.04. The van der Waals surface area contributed by atoms with E-state index >= 15 is 0 Å². The average molecular weight is 250 g/mol. The van der Waals surface area contributed by atoms with Gasteiger partial charge in [0.05, 0.1) is 12.7 Å². The molecule has 5 heteroatoms. The highest BCUT2D eigenvalue weighted by atomic mass is 16.5. The number of carbonyl (C=O) groups is 2. The maximum Gasteiger partial charge on any atom is 0.339 e. The van der Waals surface area contributed by atoms with Gasteiger partial charge in [0.1, 0.15) is 5.69 Å². The molecule has 1 aromatic heterocycles. The zero-order valence-electron chi connectivity index (χ0n) is 11.1. The molecule has 0 aromatic carbocycles. The third kappa shape index (κ3) is 3.55. The van der Waals surface area contributed by atoms with Crippen LogP contribution in [-0.2, 0) is 4.74 Å². The zero-order chi connectivity index (χ0) is 13.7.